The lowest BCUT2D eigenvalue weighted by Gasteiger charge is -2.34. The number of carbonyl (C=O) groups excluding carboxylic acids is 2. The van der Waals surface area contributed by atoms with Crippen molar-refractivity contribution in [3.05, 3.63) is 29.8 Å². The van der Waals surface area contributed by atoms with Crippen molar-refractivity contribution in [1.29, 1.82) is 0 Å². The summed E-state index contributed by atoms with van der Waals surface area (Å²) in [6, 6.07) is 7.19. The minimum atomic E-state index is -0.747. The van der Waals surface area contributed by atoms with Crippen LogP contribution in [0.1, 0.15) is 50.4 Å². The third-order valence-corrected chi connectivity index (χ3v) is 5.83. The molecule has 7 heteroatoms. The number of hydrogen-bond acceptors (Lipinski definition) is 5. The quantitative estimate of drug-likeness (QED) is 0.795. The summed E-state index contributed by atoms with van der Waals surface area (Å²) >= 11 is 0. The highest BCUT2D eigenvalue weighted by Crippen LogP contribution is 2.30. The number of hydrogen-bond donors (Lipinski definition) is 1. The predicted octanol–water partition coefficient (Wildman–Crippen LogP) is 2.51. The molecule has 1 fully saturated rings. The molecule has 0 bridgehead atoms. The van der Waals surface area contributed by atoms with Gasteiger partial charge in [0, 0.05) is 25.2 Å². The molecule has 2 aliphatic rings. The van der Waals surface area contributed by atoms with Gasteiger partial charge in [0.15, 0.2) is 5.96 Å². The molecule has 0 spiro atoms. The molecule has 1 unspecified atom stereocenters. The molecule has 158 valence electrons. The Morgan fingerprint density at radius 1 is 1.28 bits per heavy atom. The van der Waals surface area contributed by atoms with Crippen LogP contribution in [0.3, 0.4) is 0 Å². The molecule has 7 nitrogen and oxygen atoms in total. The zero-order chi connectivity index (χ0) is 21.2. The Labute approximate surface area is 172 Å². The van der Waals surface area contributed by atoms with Crippen molar-refractivity contribution in [1.82, 2.24) is 9.80 Å². The van der Waals surface area contributed by atoms with E-state index in [4.69, 9.17) is 10.5 Å². The second-order valence-corrected chi connectivity index (χ2v) is 8.72. The lowest BCUT2D eigenvalue weighted by molar-refractivity contribution is -0.131. The van der Waals surface area contributed by atoms with Gasteiger partial charge in [-0.3, -0.25) is 14.5 Å². The van der Waals surface area contributed by atoms with E-state index in [-0.39, 0.29) is 11.8 Å². The number of aliphatic imine (C=N–C) groups is 1. The van der Waals surface area contributed by atoms with Gasteiger partial charge in [-0.15, -0.1) is 0 Å². The van der Waals surface area contributed by atoms with E-state index in [2.05, 4.69) is 18.8 Å². The topological polar surface area (TPSA) is 88.2 Å². The average Bonchev–Trinajstić information content (AvgIpc) is 2.90. The van der Waals surface area contributed by atoms with Crippen molar-refractivity contribution in [2.24, 2.45) is 22.6 Å². The highest BCUT2D eigenvalue weighted by molar-refractivity contribution is 6.06. The molecule has 2 amide bonds. The fraction of sp³-hybridized carbons (Fsp3) is 0.591. The number of nitrogens with two attached hydrogens (primary N) is 1. The zero-order valence-corrected chi connectivity index (χ0v) is 17.9. The predicted molar refractivity (Wildman–Crippen MR) is 113 cm³/mol. The lowest BCUT2D eigenvalue weighted by Crippen LogP contribution is -2.47. The van der Waals surface area contributed by atoms with E-state index in [1.807, 2.05) is 11.8 Å². The normalized spacial score (nSPS) is 22.9. The summed E-state index contributed by atoms with van der Waals surface area (Å²) in [5.74, 6) is 1.78. The van der Waals surface area contributed by atoms with Gasteiger partial charge in [-0.05, 0) is 62.3 Å². The van der Waals surface area contributed by atoms with Gasteiger partial charge in [0.1, 0.15) is 11.3 Å². The molecule has 29 heavy (non-hydrogen) atoms. The minimum absolute atomic E-state index is 0.000406. The van der Waals surface area contributed by atoms with Gasteiger partial charge >= 0.3 is 0 Å². The molecule has 2 heterocycles. The molecule has 3 rings (SSSR count). The maximum absolute atomic E-state index is 12.9. The molecule has 0 saturated carbocycles. The molecular formula is C22H32N4O3. The van der Waals surface area contributed by atoms with E-state index >= 15 is 0 Å². The van der Waals surface area contributed by atoms with Crippen LogP contribution in [0.2, 0.25) is 0 Å². The Kier molecular flexibility index (Phi) is 6.15. The van der Waals surface area contributed by atoms with Crippen LogP contribution in [0.25, 0.3) is 0 Å². The number of rotatable bonds is 6. The summed E-state index contributed by atoms with van der Waals surface area (Å²) in [6.45, 7) is 7.98. The van der Waals surface area contributed by atoms with Gasteiger partial charge in [0.2, 0.25) is 0 Å². The maximum Gasteiger partial charge on any atom is 0.257 e. The van der Waals surface area contributed by atoms with Gasteiger partial charge in [0.25, 0.3) is 11.8 Å². The molecule has 1 aromatic rings. The molecule has 2 N–H and O–H groups in total. The fourth-order valence-electron chi connectivity index (χ4n) is 4.35. The monoisotopic (exact) mass is 400 g/mol. The Bertz CT molecular complexity index is 782. The van der Waals surface area contributed by atoms with Gasteiger partial charge in [-0.2, -0.15) is 0 Å². The number of carbonyl (C=O) groups is 2. The second-order valence-electron chi connectivity index (χ2n) is 8.72. The van der Waals surface area contributed by atoms with E-state index < -0.39 is 5.54 Å². The van der Waals surface area contributed by atoms with E-state index in [1.54, 1.807) is 36.3 Å². The number of methoxy groups -OCH3 is 1. The third-order valence-electron chi connectivity index (χ3n) is 5.83. The van der Waals surface area contributed by atoms with Gasteiger partial charge in [0.05, 0.1) is 7.11 Å². The molecule has 0 radical (unpaired) electrons. The first kappa shape index (κ1) is 21.1. The van der Waals surface area contributed by atoms with Crippen molar-refractivity contribution < 1.29 is 14.3 Å². The first-order valence-corrected chi connectivity index (χ1v) is 10.3. The van der Waals surface area contributed by atoms with E-state index in [0.29, 0.717) is 49.4 Å². The van der Waals surface area contributed by atoms with Gasteiger partial charge < -0.3 is 15.4 Å². The van der Waals surface area contributed by atoms with E-state index in [1.165, 1.54) is 0 Å². The highest BCUT2D eigenvalue weighted by Gasteiger charge is 2.44. The minimum Gasteiger partial charge on any atom is -0.497 e. The smallest absolute Gasteiger partial charge is 0.257 e. The van der Waals surface area contributed by atoms with Crippen LogP contribution >= 0.6 is 0 Å². The van der Waals surface area contributed by atoms with Crippen molar-refractivity contribution in [3.8, 4) is 5.75 Å². The molecule has 0 aromatic heterocycles. The van der Waals surface area contributed by atoms with Crippen molar-refractivity contribution in [2.75, 3.05) is 26.7 Å². The summed E-state index contributed by atoms with van der Waals surface area (Å²) in [4.78, 5) is 33.6. The number of likely N-dealkylation sites (tertiary alicyclic amines) is 1. The third kappa shape index (κ3) is 4.54. The van der Waals surface area contributed by atoms with Gasteiger partial charge in [-0.1, -0.05) is 13.8 Å². The van der Waals surface area contributed by atoms with Crippen LogP contribution in [0.15, 0.2) is 29.3 Å². The van der Waals surface area contributed by atoms with Crippen molar-refractivity contribution >= 4 is 17.8 Å². The molecule has 1 aromatic carbocycles. The number of piperidine rings is 1. The first-order chi connectivity index (χ1) is 13.7. The first-order valence-electron chi connectivity index (χ1n) is 10.3. The van der Waals surface area contributed by atoms with Crippen LogP contribution in [0.5, 0.6) is 5.75 Å². The SMILES string of the molecule is COc1ccc(C(=O)N2CCC(CN3C(=O)C(C)(CC(C)C)N=C3N)CC2)cc1. The number of nitrogens with zero attached hydrogens (tertiary/aromatic N) is 3. The van der Waals surface area contributed by atoms with E-state index in [9.17, 15) is 9.59 Å². The van der Waals surface area contributed by atoms with Crippen LogP contribution in [0, 0.1) is 11.8 Å². The number of benzene rings is 1. The summed E-state index contributed by atoms with van der Waals surface area (Å²) in [5, 5.41) is 0. The summed E-state index contributed by atoms with van der Waals surface area (Å²) in [6.07, 6.45) is 2.39. The Morgan fingerprint density at radius 3 is 2.45 bits per heavy atom. The van der Waals surface area contributed by atoms with Crippen molar-refractivity contribution in [2.45, 2.75) is 45.6 Å². The number of amides is 2. The Hall–Kier alpha value is -2.57. The fourth-order valence-corrected chi connectivity index (χ4v) is 4.35. The zero-order valence-electron chi connectivity index (χ0n) is 17.9. The Balaban J connectivity index is 1.55. The number of ether oxygens (including phenoxy) is 1. The summed E-state index contributed by atoms with van der Waals surface area (Å²) in [7, 11) is 1.61. The lowest BCUT2D eigenvalue weighted by atomic mass is 9.90. The van der Waals surface area contributed by atoms with Gasteiger partial charge in [-0.25, -0.2) is 4.99 Å². The summed E-state index contributed by atoms with van der Waals surface area (Å²) < 4.78 is 5.15. The molecular weight excluding hydrogens is 368 g/mol. The second kappa shape index (κ2) is 8.43. The van der Waals surface area contributed by atoms with Crippen LogP contribution in [-0.2, 0) is 4.79 Å². The molecule has 1 atom stereocenters. The number of guanidine groups is 1. The van der Waals surface area contributed by atoms with Crippen LogP contribution in [-0.4, -0.2) is 59.9 Å². The van der Waals surface area contributed by atoms with E-state index in [0.717, 1.165) is 18.6 Å². The summed E-state index contributed by atoms with van der Waals surface area (Å²) in [5.41, 5.74) is 6.01. The van der Waals surface area contributed by atoms with Crippen molar-refractivity contribution in [3.63, 3.8) is 0 Å². The Morgan fingerprint density at radius 2 is 1.90 bits per heavy atom. The van der Waals surface area contributed by atoms with Crippen LogP contribution in [0.4, 0.5) is 0 Å². The average molecular weight is 401 g/mol. The molecule has 2 aliphatic heterocycles. The molecule has 1 saturated heterocycles. The molecule has 0 aliphatic carbocycles. The maximum atomic E-state index is 12.9. The van der Waals surface area contributed by atoms with Crippen LogP contribution < -0.4 is 10.5 Å². The highest BCUT2D eigenvalue weighted by atomic mass is 16.5. The standard InChI is InChI=1S/C22H32N4O3/c1-15(2)13-22(3)20(28)26(21(23)24-22)14-16-9-11-25(12-10-16)19(27)17-5-7-18(29-4)8-6-17/h5-8,15-16H,9-14H2,1-4H3,(H2,23,24). The largest absolute Gasteiger partial charge is 0.497 e.